The standard InChI is InChI=1S/C24H26N2O2/c1-28-23-12-5-4-11-22(23)25-24(27)15-16-26(20-13-14-20)17-19-9-6-8-18-7-2-3-10-21(18)19/h2-12,20H,13-17H2,1H3,(H,25,27). The van der Waals surface area contributed by atoms with Crippen LogP contribution in [0.25, 0.3) is 10.8 Å². The molecule has 4 nitrogen and oxygen atoms in total. The third kappa shape index (κ3) is 4.34. The average molecular weight is 374 g/mol. The minimum Gasteiger partial charge on any atom is -0.495 e. The molecule has 3 aromatic carbocycles. The predicted octanol–water partition coefficient (Wildman–Crippen LogP) is 4.84. The highest BCUT2D eigenvalue weighted by molar-refractivity contribution is 5.92. The van der Waals surface area contributed by atoms with E-state index < -0.39 is 0 Å². The SMILES string of the molecule is COc1ccccc1NC(=O)CCN(Cc1cccc2ccccc12)C1CC1. The highest BCUT2D eigenvalue weighted by atomic mass is 16.5. The number of carbonyl (C=O) groups is 1. The molecular weight excluding hydrogens is 348 g/mol. The number of amides is 1. The van der Waals surface area contributed by atoms with Gasteiger partial charge in [-0.15, -0.1) is 0 Å². The van der Waals surface area contributed by atoms with E-state index in [9.17, 15) is 4.79 Å². The van der Waals surface area contributed by atoms with Gasteiger partial charge in [0.2, 0.25) is 5.91 Å². The molecule has 0 radical (unpaired) electrons. The van der Waals surface area contributed by atoms with Gasteiger partial charge in [0, 0.05) is 25.6 Å². The van der Waals surface area contributed by atoms with E-state index in [1.54, 1.807) is 7.11 Å². The summed E-state index contributed by atoms with van der Waals surface area (Å²) >= 11 is 0. The van der Waals surface area contributed by atoms with Crippen LogP contribution < -0.4 is 10.1 Å². The Morgan fingerprint density at radius 2 is 1.79 bits per heavy atom. The van der Waals surface area contributed by atoms with Gasteiger partial charge in [0.25, 0.3) is 0 Å². The van der Waals surface area contributed by atoms with Gasteiger partial charge in [0.1, 0.15) is 5.75 Å². The summed E-state index contributed by atoms with van der Waals surface area (Å²) in [5.74, 6) is 0.707. The smallest absolute Gasteiger partial charge is 0.225 e. The first-order valence-electron chi connectivity index (χ1n) is 9.88. The molecule has 1 amide bonds. The zero-order chi connectivity index (χ0) is 19.3. The number of benzene rings is 3. The second kappa shape index (κ2) is 8.44. The van der Waals surface area contributed by atoms with Crippen LogP contribution in [0.1, 0.15) is 24.8 Å². The van der Waals surface area contributed by atoms with Crippen molar-refractivity contribution in [2.24, 2.45) is 0 Å². The van der Waals surface area contributed by atoms with Crippen molar-refractivity contribution in [3.63, 3.8) is 0 Å². The Kier molecular flexibility index (Phi) is 5.58. The van der Waals surface area contributed by atoms with Crippen LogP contribution in [0.5, 0.6) is 5.75 Å². The van der Waals surface area contributed by atoms with Crippen LogP contribution in [0.2, 0.25) is 0 Å². The maximum Gasteiger partial charge on any atom is 0.225 e. The maximum atomic E-state index is 12.5. The van der Waals surface area contributed by atoms with Crippen LogP contribution in [0.4, 0.5) is 5.69 Å². The van der Waals surface area contributed by atoms with E-state index in [-0.39, 0.29) is 5.91 Å². The lowest BCUT2D eigenvalue weighted by molar-refractivity contribution is -0.116. The number of nitrogens with zero attached hydrogens (tertiary/aromatic N) is 1. The molecule has 0 bridgehead atoms. The van der Waals surface area contributed by atoms with Crippen molar-refractivity contribution in [3.05, 3.63) is 72.3 Å². The number of hydrogen-bond donors (Lipinski definition) is 1. The zero-order valence-electron chi connectivity index (χ0n) is 16.2. The number of ether oxygens (including phenoxy) is 1. The lowest BCUT2D eigenvalue weighted by Gasteiger charge is -2.23. The topological polar surface area (TPSA) is 41.6 Å². The molecule has 1 saturated carbocycles. The average Bonchev–Trinajstić information content (AvgIpc) is 3.57. The fourth-order valence-electron chi connectivity index (χ4n) is 3.69. The summed E-state index contributed by atoms with van der Waals surface area (Å²) in [6, 6.07) is 23.1. The molecule has 0 atom stereocenters. The zero-order valence-corrected chi connectivity index (χ0v) is 16.2. The first-order chi connectivity index (χ1) is 13.7. The van der Waals surface area contributed by atoms with E-state index in [0.717, 1.165) is 18.8 Å². The Morgan fingerprint density at radius 1 is 1.04 bits per heavy atom. The molecule has 1 N–H and O–H groups in total. The third-order valence-electron chi connectivity index (χ3n) is 5.32. The Hall–Kier alpha value is -2.85. The van der Waals surface area contributed by atoms with Gasteiger partial charge >= 0.3 is 0 Å². The number of para-hydroxylation sites is 2. The fourth-order valence-corrected chi connectivity index (χ4v) is 3.69. The van der Waals surface area contributed by atoms with Gasteiger partial charge in [0.15, 0.2) is 0 Å². The van der Waals surface area contributed by atoms with Crippen molar-refractivity contribution in [3.8, 4) is 5.75 Å². The largest absolute Gasteiger partial charge is 0.495 e. The molecule has 1 aliphatic rings. The second-order valence-electron chi connectivity index (χ2n) is 7.34. The van der Waals surface area contributed by atoms with Crippen LogP contribution >= 0.6 is 0 Å². The van der Waals surface area contributed by atoms with E-state index >= 15 is 0 Å². The molecule has 28 heavy (non-hydrogen) atoms. The number of carbonyl (C=O) groups excluding carboxylic acids is 1. The molecule has 4 rings (SSSR count). The molecule has 1 aliphatic carbocycles. The highest BCUT2D eigenvalue weighted by Crippen LogP contribution is 2.30. The Balaban J connectivity index is 1.41. The normalized spacial score (nSPS) is 13.6. The van der Waals surface area contributed by atoms with Crippen LogP contribution in [-0.4, -0.2) is 30.5 Å². The van der Waals surface area contributed by atoms with E-state index in [1.165, 1.54) is 29.2 Å². The molecule has 0 spiro atoms. The van der Waals surface area contributed by atoms with Crippen LogP contribution in [0.3, 0.4) is 0 Å². The molecule has 0 unspecified atom stereocenters. The van der Waals surface area contributed by atoms with Crippen molar-refractivity contribution < 1.29 is 9.53 Å². The van der Waals surface area contributed by atoms with E-state index in [1.807, 2.05) is 24.3 Å². The van der Waals surface area contributed by atoms with Gasteiger partial charge in [-0.05, 0) is 41.3 Å². The van der Waals surface area contributed by atoms with Crippen molar-refractivity contribution in [2.75, 3.05) is 19.0 Å². The van der Waals surface area contributed by atoms with Crippen molar-refractivity contribution >= 4 is 22.4 Å². The summed E-state index contributed by atoms with van der Waals surface area (Å²) in [6.45, 7) is 1.64. The van der Waals surface area contributed by atoms with Crippen LogP contribution in [0.15, 0.2) is 66.7 Å². The first-order valence-corrected chi connectivity index (χ1v) is 9.88. The van der Waals surface area contributed by atoms with Gasteiger partial charge in [-0.25, -0.2) is 0 Å². The molecule has 3 aromatic rings. The quantitative estimate of drug-likeness (QED) is 0.613. The van der Waals surface area contributed by atoms with E-state index in [2.05, 4.69) is 52.7 Å². The summed E-state index contributed by atoms with van der Waals surface area (Å²) in [7, 11) is 1.62. The summed E-state index contributed by atoms with van der Waals surface area (Å²) in [4.78, 5) is 14.9. The lowest BCUT2D eigenvalue weighted by atomic mass is 10.0. The Morgan fingerprint density at radius 3 is 2.61 bits per heavy atom. The predicted molar refractivity (Wildman–Crippen MR) is 114 cm³/mol. The maximum absolute atomic E-state index is 12.5. The van der Waals surface area contributed by atoms with Crippen molar-refractivity contribution in [1.29, 1.82) is 0 Å². The minimum atomic E-state index is 0.0214. The summed E-state index contributed by atoms with van der Waals surface area (Å²) in [6.07, 6.45) is 2.91. The van der Waals surface area contributed by atoms with Gasteiger partial charge < -0.3 is 10.1 Å². The Bertz CT molecular complexity index is 960. The minimum absolute atomic E-state index is 0.0214. The van der Waals surface area contributed by atoms with Crippen molar-refractivity contribution in [1.82, 2.24) is 4.90 Å². The van der Waals surface area contributed by atoms with Gasteiger partial charge in [-0.2, -0.15) is 0 Å². The van der Waals surface area contributed by atoms with Crippen LogP contribution in [0, 0.1) is 0 Å². The number of hydrogen-bond acceptors (Lipinski definition) is 3. The molecule has 4 heteroatoms. The molecule has 0 aliphatic heterocycles. The lowest BCUT2D eigenvalue weighted by Crippen LogP contribution is -2.29. The molecule has 0 saturated heterocycles. The number of fused-ring (bicyclic) bond motifs is 1. The van der Waals surface area contributed by atoms with E-state index in [4.69, 9.17) is 4.74 Å². The fraction of sp³-hybridized carbons (Fsp3) is 0.292. The monoisotopic (exact) mass is 374 g/mol. The molecule has 1 fully saturated rings. The molecular formula is C24H26N2O2. The highest BCUT2D eigenvalue weighted by Gasteiger charge is 2.29. The second-order valence-corrected chi connectivity index (χ2v) is 7.34. The van der Waals surface area contributed by atoms with E-state index in [0.29, 0.717) is 18.2 Å². The Labute approximate surface area is 166 Å². The number of rotatable bonds is 8. The number of nitrogens with one attached hydrogen (secondary N) is 1. The van der Waals surface area contributed by atoms with Crippen LogP contribution in [-0.2, 0) is 11.3 Å². The number of methoxy groups -OCH3 is 1. The third-order valence-corrected chi connectivity index (χ3v) is 5.32. The first kappa shape index (κ1) is 18.5. The summed E-state index contributed by atoms with van der Waals surface area (Å²) < 4.78 is 5.31. The van der Waals surface area contributed by atoms with Gasteiger partial charge in [0.05, 0.1) is 12.8 Å². The van der Waals surface area contributed by atoms with Crippen molar-refractivity contribution in [2.45, 2.75) is 31.8 Å². The number of anilines is 1. The molecule has 144 valence electrons. The summed E-state index contributed by atoms with van der Waals surface area (Å²) in [5, 5.41) is 5.55. The summed E-state index contributed by atoms with van der Waals surface area (Å²) in [5.41, 5.74) is 2.05. The van der Waals surface area contributed by atoms with Gasteiger partial charge in [-0.3, -0.25) is 9.69 Å². The molecule has 0 aromatic heterocycles. The molecule has 0 heterocycles. The van der Waals surface area contributed by atoms with Gasteiger partial charge in [-0.1, -0.05) is 54.6 Å².